The van der Waals surface area contributed by atoms with Crippen molar-refractivity contribution in [3.05, 3.63) is 29.8 Å². The standard InChI is InChI=1S/C17H22N2O2S/c1-12(2)16(17(20)19-11-14-4-3-9-21-14)22-15-7-5-13(10-18)6-8-15/h5-8,12,14,16H,3-4,9,11H2,1-2H3,(H,19,20)/t14-,16-/m0/s1. The van der Waals surface area contributed by atoms with E-state index in [2.05, 4.69) is 11.4 Å². The van der Waals surface area contributed by atoms with E-state index in [-0.39, 0.29) is 23.2 Å². The van der Waals surface area contributed by atoms with E-state index in [1.807, 2.05) is 26.0 Å². The van der Waals surface area contributed by atoms with Crippen LogP contribution in [0, 0.1) is 17.2 Å². The van der Waals surface area contributed by atoms with Crippen LogP contribution in [0.25, 0.3) is 0 Å². The lowest BCUT2D eigenvalue weighted by Gasteiger charge is -2.21. The Bertz CT molecular complexity index is 531. The van der Waals surface area contributed by atoms with Gasteiger partial charge in [-0.2, -0.15) is 5.26 Å². The molecule has 118 valence electrons. The van der Waals surface area contributed by atoms with Gasteiger partial charge in [-0.25, -0.2) is 0 Å². The molecule has 22 heavy (non-hydrogen) atoms. The van der Waals surface area contributed by atoms with Crippen LogP contribution >= 0.6 is 11.8 Å². The van der Waals surface area contributed by atoms with Gasteiger partial charge in [0.1, 0.15) is 0 Å². The van der Waals surface area contributed by atoms with Crippen molar-refractivity contribution in [2.75, 3.05) is 13.2 Å². The zero-order valence-corrected chi connectivity index (χ0v) is 13.9. The number of amides is 1. The summed E-state index contributed by atoms with van der Waals surface area (Å²) in [5, 5.41) is 11.7. The van der Waals surface area contributed by atoms with E-state index < -0.39 is 0 Å². The molecule has 0 unspecified atom stereocenters. The van der Waals surface area contributed by atoms with Crippen molar-refractivity contribution in [2.45, 2.75) is 42.9 Å². The lowest BCUT2D eigenvalue weighted by Crippen LogP contribution is -2.39. The number of nitrogens with one attached hydrogen (secondary N) is 1. The van der Waals surface area contributed by atoms with Gasteiger partial charge in [-0.15, -0.1) is 11.8 Å². The molecule has 0 saturated carbocycles. The topological polar surface area (TPSA) is 62.1 Å². The first-order valence-electron chi connectivity index (χ1n) is 7.66. The van der Waals surface area contributed by atoms with E-state index in [1.165, 1.54) is 0 Å². The van der Waals surface area contributed by atoms with Crippen molar-refractivity contribution in [3.8, 4) is 6.07 Å². The van der Waals surface area contributed by atoms with Crippen LogP contribution < -0.4 is 5.32 Å². The number of thioether (sulfide) groups is 1. The average Bonchev–Trinajstić information content (AvgIpc) is 3.04. The molecule has 1 heterocycles. The van der Waals surface area contributed by atoms with Gasteiger partial charge in [-0.05, 0) is 43.0 Å². The Balaban J connectivity index is 1.92. The first kappa shape index (κ1) is 16.9. The first-order chi connectivity index (χ1) is 10.6. The molecular weight excluding hydrogens is 296 g/mol. The number of hydrogen-bond donors (Lipinski definition) is 1. The van der Waals surface area contributed by atoms with E-state index in [0.29, 0.717) is 12.1 Å². The zero-order chi connectivity index (χ0) is 15.9. The predicted molar refractivity (Wildman–Crippen MR) is 87.6 cm³/mol. The minimum atomic E-state index is -0.144. The number of hydrogen-bond acceptors (Lipinski definition) is 4. The monoisotopic (exact) mass is 318 g/mol. The van der Waals surface area contributed by atoms with Crippen molar-refractivity contribution >= 4 is 17.7 Å². The van der Waals surface area contributed by atoms with Crippen LogP contribution in [-0.4, -0.2) is 30.4 Å². The highest BCUT2D eigenvalue weighted by Gasteiger charge is 2.25. The van der Waals surface area contributed by atoms with E-state index in [9.17, 15) is 4.79 Å². The lowest BCUT2D eigenvalue weighted by molar-refractivity contribution is -0.121. The predicted octanol–water partition coefficient (Wildman–Crippen LogP) is 2.97. The summed E-state index contributed by atoms with van der Waals surface area (Å²) in [5.74, 6) is 0.282. The van der Waals surface area contributed by atoms with Crippen LogP contribution in [0.5, 0.6) is 0 Å². The smallest absolute Gasteiger partial charge is 0.233 e. The fourth-order valence-electron chi connectivity index (χ4n) is 2.37. The molecule has 1 saturated heterocycles. The largest absolute Gasteiger partial charge is 0.376 e. The molecule has 2 atom stereocenters. The van der Waals surface area contributed by atoms with Gasteiger partial charge in [-0.3, -0.25) is 4.79 Å². The van der Waals surface area contributed by atoms with Crippen molar-refractivity contribution in [3.63, 3.8) is 0 Å². The maximum Gasteiger partial charge on any atom is 0.233 e. The summed E-state index contributed by atoms with van der Waals surface area (Å²) in [7, 11) is 0. The number of nitrogens with zero attached hydrogens (tertiary/aromatic N) is 1. The molecule has 1 aromatic carbocycles. The Morgan fingerprint density at radius 2 is 2.18 bits per heavy atom. The summed E-state index contributed by atoms with van der Waals surface area (Å²) in [4.78, 5) is 13.4. The number of carbonyl (C=O) groups is 1. The highest BCUT2D eigenvalue weighted by atomic mass is 32.2. The Morgan fingerprint density at radius 3 is 2.73 bits per heavy atom. The van der Waals surface area contributed by atoms with Gasteiger partial charge in [0, 0.05) is 18.0 Å². The molecule has 5 heteroatoms. The number of ether oxygens (including phenoxy) is 1. The van der Waals surface area contributed by atoms with E-state index in [0.717, 1.165) is 24.3 Å². The molecule has 1 aliphatic heterocycles. The summed E-state index contributed by atoms with van der Waals surface area (Å²) >= 11 is 1.54. The van der Waals surface area contributed by atoms with Crippen molar-refractivity contribution in [1.82, 2.24) is 5.32 Å². The second-order valence-electron chi connectivity index (χ2n) is 5.80. The van der Waals surface area contributed by atoms with Crippen molar-refractivity contribution in [1.29, 1.82) is 5.26 Å². The Labute approximate surface area is 136 Å². The second kappa shape index (κ2) is 8.21. The van der Waals surface area contributed by atoms with Crippen LogP contribution in [0.15, 0.2) is 29.2 Å². The van der Waals surface area contributed by atoms with Crippen LogP contribution in [0.4, 0.5) is 0 Å². The molecule has 1 aliphatic rings. The average molecular weight is 318 g/mol. The van der Waals surface area contributed by atoms with Gasteiger partial charge in [0.2, 0.25) is 5.91 Å². The van der Waals surface area contributed by atoms with Crippen molar-refractivity contribution < 1.29 is 9.53 Å². The van der Waals surface area contributed by atoms with Gasteiger partial charge in [0.05, 0.1) is 23.0 Å². The molecule has 0 radical (unpaired) electrons. The SMILES string of the molecule is CC(C)[C@H](Sc1ccc(C#N)cc1)C(=O)NC[C@@H]1CCCO1. The number of benzene rings is 1. The van der Waals surface area contributed by atoms with E-state index in [4.69, 9.17) is 10.00 Å². The third-order valence-electron chi connectivity index (χ3n) is 3.64. The van der Waals surface area contributed by atoms with E-state index in [1.54, 1.807) is 23.9 Å². The molecule has 0 spiro atoms. The van der Waals surface area contributed by atoms with E-state index >= 15 is 0 Å². The minimum absolute atomic E-state index is 0.0554. The molecular formula is C17H22N2O2S. The summed E-state index contributed by atoms with van der Waals surface area (Å²) in [6.45, 7) is 5.49. The third kappa shape index (κ3) is 4.75. The Kier molecular flexibility index (Phi) is 6.29. The van der Waals surface area contributed by atoms with Gasteiger partial charge in [-0.1, -0.05) is 13.8 Å². The fraction of sp³-hybridized carbons (Fsp3) is 0.529. The molecule has 1 aromatic rings. The van der Waals surface area contributed by atoms with Gasteiger partial charge >= 0.3 is 0 Å². The van der Waals surface area contributed by atoms with Gasteiger partial charge in [0.15, 0.2) is 0 Å². The first-order valence-corrected chi connectivity index (χ1v) is 8.54. The zero-order valence-electron chi connectivity index (χ0n) is 13.0. The number of carbonyl (C=O) groups excluding carboxylic acids is 1. The van der Waals surface area contributed by atoms with Crippen molar-refractivity contribution in [2.24, 2.45) is 5.92 Å². The maximum absolute atomic E-state index is 12.4. The summed E-state index contributed by atoms with van der Waals surface area (Å²) < 4.78 is 5.54. The maximum atomic E-state index is 12.4. The Hall–Kier alpha value is -1.51. The molecule has 4 nitrogen and oxygen atoms in total. The van der Waals surface area contributed by atoms with Crippen LogP contribution in [0.3, 0.4) is 0 Å². The molecule has 1 N–H and O–H groups in total. The second-order valence-corrected chi connectivity index (χ2v) is 7.01. The summed E-state index contributed by atoms with van der Waals surface area (Å²) in [5.41, 5.74) is 0.633. The molecule has 0 bridgehead atoms. The van der Waals surface area contributed by atoms with Crippen LogP contribution in [-0.2, 0) is 9.53 Å². The lowest BCUT2D eigenvalue weighted by atomic mass is 10.1. The normalized spacial score (nSPS) is 18.9. The molecule has 1 amide bonds. The highest BCUT2D eigenvalue weighted by molar-refractivity contribution is 8.00. The Morgan fingerprint density at radius 1 is 1.45 bits per heavy atom. The van der Waals surface area contributed by atoms with Crippen LogP contribution in [0.1, 0.15) is 32.3 Å². The van der Waals surface area contributed by atoms with Crippen LogP contribution in [0.2, 0.25) is 0 Å². The quantitative estimate of drug-likeness (QED) is 0.819. The third-order valence-corrected chi connectivity index (χ3v) is 5.20. The summed E-state index contributed by atoms with van der Waals surface area (Å²) in [6.07, 6.45) is 2.26. The molecule has 2 rings (SSSR count). The molecule has 0 aliphatic carbocycles. The van der Waals surface area contributed by atoms with Gasteiger partial charge in [0.25, 0.3) is 0 Å². The minimum Gasteiger partial charge on any atom is -0.376 e. The highest BCUT2D eigenvalue weighted by Crippen LogP contribution is 2.28. The molecule has 1 fully saturated rings. The fourth-order valence-corrected chi connectivity index (χ4v) is 3.42. The summed E-state index contributed by atoms with van der Waals surface area (Å²) in [6, 6.07) is 9.46. The number of rotatable bonds is 6. The molecule has 0 aromatic heterocycles. The number of nitriles is 1. The van der Waals surface area contributed by atoms with Gasteiger partial charge < -0.3 is 10.1 Å².